The van der Waals surface area contributed by atoms with E-state index >= 15 is 0 Å². The summed E-state index contributed by atoms with van der Waals surface area (Å²) < 4.78 is 5.48. The Bertz CT molecular complexity index is 1080. The summed E-state index contributed by atoms with van der Waals surface area (Å²) in [4.78, 5) is 24.6. The van der Waals surface area contributed by atoms with Gasteiger partial charge in [0.2, 0.25) is 5.91 Å². The van der Waals surface area contributed by atoms with Crippen molar-refractivity contribution in [2.75, 3.05) is 13.2 Å². The van der Waals surface area contributed by atoms with Crippen molar-refractivity contribution in [1.29, 1.82) is 0 Å². The quantitative estimate of drug-likeness (QED) is 0.0320. The van der Waals surface area contributed by atoms with Gasteiger partial charge in [0.25, 0.3) is 0 Å². The highest BCUT2D eigenvalue weighted by Crippen LogP contribution is 2.19. The zero-order valence-electron chi connectivity index (χ0n) is 48.9. The van der Waals surface area contributed by atoms with Gasteiger partial charge in [-0.15, -0.1) is 0 Å². The average molecular weight is 1020 g/mol. The van der Waals surface area contributed by atoms with Crippen LogP contribution in [0.1, 0.15) is 373 Å². The molecule has 428 valence electrons. The normalized spacial score (nSPS) is 12.6. The molecule has 6 nitrogen and oxygen atoms in total. The maximum atomic E-state index is 12.5. The Morgan fingerprint density at radius 3 is 0.986 bits per heavy atom. The SMILES string of the molecule is CCCCCCCC/C=C\CCCCCCCC(=O)OCCCCCCCCCCCCCCCCCCC(=O)NC(CO)C(O)CCCCCCCCCCCCCCCCCCCCCCCCCC. The summed E-state index contributed by atoms with van der Waals surface area (Å²) in [5.74, 6) is -0.0406. The van der Waals surface area contributed by atoms with Gasteiger partial charge in [-0.25, -0.2) is 0 Å². The highest BCUT2D eigenvalue weighted by molar-refractivity contribution is 5.76. The Morgan fingerprint density at radius 1 is 0.375 bits per heavy atom. The fraction of sp³-hybridized carbons (Fsp3) is 0.939. The number of carbonyl (C=O) groups is 2. The number of ether oxygens (including phenoxy) is 1. The van der Waals surface area contributed by atoms with Gasteiger partial charge in [0, 0.05) is 12.8 Å². The summed E-state index contributed by atoms with van der Waals surface area (Å²) in [6.07, 6.45) is 75.1. The molecule has 0 radical (unpaired) electrons. The van der Waals surface area contributed by atoms with Crippen molar-refractivity contribution < 1.29 is 24.5 Å². The van der Waals surface area contributed by atoms with Crippen molar-refractivity contribution in [3.63, 3.8) is 0 Å². The van der Waals surface area contributed by atoms with Gasteiger partial charge >= 0.3 is 5.97 Å². The van der Waals surface area contributed by atoms with Gasteiger partial charge in [0.15, 0.2) is 0 Å². The summed E-state index contributed by atoms with van der Waals surface area (Å²) in [6.45, 7) is 4.97. The average Bonchev–Trinajstić information content (AvgIpc) is 3.38. The third-order valence-corrected chi connectivity index (χ3v) is 15.6. The molecule has 0 heterocycles. The van der Waals surface area contributed by atoms with Gasteiger partial charge < -0.3 is 20.3 Å². The number of amides is 1. The first kappa shape index (κ1) is 70.6. The van der Waals surface area contributed by atoms with E-state index in [2.05, 4.69) is 31.3 Å². The molecule has 0 aliphatic heterocycles. The van der Waals surface area contributed by atoms with Gasteiger partial charge in [0.1, 0.15) is 0 Å². The molecule has 0 aromatic rings. The Hall–Kier alpha value is -1.40. The zero-order valence-corrected chi connectivity index (χ0v) is 48.9. The zero-order chi connectivity index (χ0) is 52.2. The highest BCUT2D eigenvalue weighted by atomic mass is 16.5. The fourth-order valence-electron chi connectivity index (χ4n) is 10.5. The topological polar surface area (TPSA) is 95.9 Å². The summed E-state index contributed by atoms with van der Waals surface area (Å²) >= 11 is 0. The Morgan fingerprint density at radius 2 is 0.653 bits per heavy atom. The first-order chi connectivity index (χ1) is 35.5. The lowest BCUT2D eigenvalue weighted by atomic mass is 10.0. The van der Waals surface area contributed by atoms with Gasteiger partial charge in [-0.2, -0.15) is 0 Å². The second-order valence-corrected chi connectivity index (χ2v) is 22.8. The van der Waals surface area contributed by atoms with E-state index in [0.29, 0.717) is 25.9 Å². The molecule has 6 heteroatoms. The van der Waals surface area contributed by atoms with E-state index in [4.69, 9.17) is 4.74 Å². The van der Waals surface area contributed by atoms with Crippen LogP contribution < -0.4 is 5.32 Å². The van der Waals surface area contributed by atoms with Gasteiger partial charge in [-0.1, -0.05) is 321 Å². The molecule has 0 bridgehead atoms. The summed E-state index contributed by atoms with van der Waals surface area (Å²) in [6, 6.07) is -0.548. The van der Waals surface area contributed by atoms with Crippen molar-refractivity contribution >= 4 is 11.9 Å². The summed E-state index contributed by atoms with van der Waals surface area (Å²) in [5.41, 5.74) is 0. The molecule has 0 aliphatic rings. The number of hydrogen-bond donors (Lipinski definition) is 3. The molecule has 0 aromatic heterocycles. The number of carbonyl (C=O) groups excluding carboxylic acids is 2. The Labute approximate surface area is 450 Å². The van der Waals surface area contributed by atoms with Gasteiger partial charge in [-0.05, 0) is 51.4 Å². The molecular weight excluding hydrogens is 887 g/mol. The molecule has 0 spiro atoms. The predicted molar refractivity (Wildman–Crippen MR) is 315 cm³/mol. The maximum absolute atomic E-state index is 12.5. The van der Waals surface area contributed by atoms with Crippen molar-refractivity contribution in [2.24, 2.45) is 0 Å². The number of unbranched alkanes of at least 4 members (excludes halogenated alkanes) is 49. The largest absolute Gasteiger partial charge is 0.466 e. The van der Waals surface area contributed by atoms with Crippen LogP contribution in [-0.2, 0) is 14.3 Å². The molecule has 0 rings (SSSR count). The third kappa shape index (κ3) is 57.9. The fourth-order valence-corrected chi connectivity index (χ4v) is 10.5. The van der Waals surface area contributed by atoms with Crippen LogP contribution in [-0.4, -0.2) is 47.4 Å². The van der Waals surface area contributed by atoms with Gasteiger partial charge in [0.05, 0.1) is 25.4 Å². The lowest BCUT2D eigenvalue weighted by molar-refractivity contribution is -0.143. The van der Waals surface area contributed by atoms with E-state index in [9.17, 15) is 19.8 Å². The van der Waals surface area contributed by atoms with Crippen LogP contribution in [0, 0.1) is 0 Å². The molecule has 0 aromatic carbocycles. The van der Waals surface area contributed by atoms with Crippen molar-refractivity contribution in [2.45, 2.75) is 386 Å². The molecule has 0 aliphatic carbocycles. The highest BCUT2D eigenvalue weighted by Gasteiger charge is 2.20. The Kier molecular flexibility index (Phi) is 60.9. The first-order valence-electron chi connectivity index (χ1n) is 32.9. The van der Waals surface area contributed by atoms with Crippen LogP contribution in [0.5, 0.6) is 0 Å². The van der Waals surface area contributed by atoms with E-state index in [1.54, 1.807) is 0 Å². The third-order valence-electron chi connectivity index (χ3n) is 15.6. The molecule has 72 heavy (non-hydrogen) atoms. The number of allylic oxidation sites excluding steroid dienone is 2. The molecule has 3 N–H and O–H groups in total. The molecule has 1 amide bonds. The minimum absolute atomic E-state index is 0.00335. The van der Waals surface area contributed by atoms with Gasteiger partial charge in [-0.3, -0.25) is 9.59 Å². The number of hydrogen-bond acceptors (Lipinski definition) is 5. The monoisotopic (exact) mass is 1020 g/mol. The number of esters is 1. The number of rotatable bonds is 62. The molecule has 0 saturated carbocycles. The molecule has 2 atom stereocenters. The van der Waals surface area contributed by atoms with E-state index in [1.807, 2.05) is 0 Å². The maximum Gasteiger partial charge on any atom is 0.305 e. The predicted octanol–water partition coefficient (Wildman–Crippen LogP) is 20.8. The minimum Gasteiger partial charge on any atom is -0.466 e. The summed E-state index contributed by atoms with van der Waals surface area (Å²) in [5, 5.41) is 23.4. The number of aliphatic hydroxyl groups is 2. The second kappa shape index (κ2) is 62.1. The van der Waals surface area contributed by atoms with Crippen LogP contribution in [0.15, 0.2) is 12.2 Å². The standard InChI is InChI=1S/C66H129NO5/c1-3-5-7-9-11-13-15-17-19-20-21-22-23-24-25-26-27-31-34-38-42-46-50-54-58-64(69)63(62-68)67-65(70)59-55-51-47-43-39-35-32-28-29-33-37-41-45-49-53-57-61-72-66(71)60-56-52-48-44-40-36-30-18-16-14-12-10-8-6-4-2/h18,30,63-64,68-69H,3-17,19-29,31-62H2,1-2H3,(H,67,70)/b30-18-. The molecular formula is C66H129NO5. The number of aliphatic hydroxyl groups excluding tert-OH is 2. The van der Waals surface area contributed by atoms with Crippen LogP contribution in [0.25, 0.3) is 0 Å². The molecule has 0 fully saturated rings. The van der Waals surface area contributed by atoms with Crippen LogP contribution in [0.3, 0.4) is 0 Å². The smallest absolute Gasteiger partial charge is 0.305 e. The second-order valence-electron chi connectivity index (χ2n) is 22.8. The lowest BCUT2D eigenvalue weighted by Crippen LogP contribution is -2.45. The van der Waals surface area contributed by atoms with Crippen LogP contribution in [0.2, 0.25) is 0 Å². The molecule has 2 unspecified atom stereocenters. The van der Waals surface area contributed by atoms with E-state index in [0.717, 1.165) is 44.9 Å². The molecule has 0 saturated heterocycles. The summed E-state index contributed by atoms with van der Waals surface area (Å²) in [7, 11) is 0. The van der Waals surface area contributed by atoms with Crippen molar-refractivity contribution in [3.8, 4) is 0 Å². The Balaban J connectivity index is 3.41. The van der Waals surface area contributed by atoms with Crippen molar-refractivity contribution in [3.05, 3.63) is 12.2 Å². The van der Waals surface area contributed by atoms with E-state index < -0.39 is 12.1 Å². The van der Waals surface area contributed by atoms with Crippen molar-refractivity contribution in [1.82, 2.24) is 5.32 Å². The lowest BCUT2D eigenvalue weighted by Gasteiger charge is -2.22. The minimum atomic E-state index is -0.670. The van der Waals surface area contributed by atoms with Crippen LogP contribution >= 0.6 is 0 Å². The number of nitrogens with one attached hydrogen (secondary N) is 1. The van der Waals surface area contributed by atoms with E-state index in [1.165, 1.54) is 295 Å². The van der Waals surface area contributed by atoms with Crippen LogP contribution in [0.4, 0.5) is 0 Å². The van der Waals surface area contributed by atoms with E-state index in [-0.39, 0.29) is 18.5 Å². The first-order valence-corrected chi connectivity index (χ1v) is 32.9.